The lowest BCUT2D eigenvalue weighted by atomic mass is 9.99. The van der Waals surface area contributed by atoms with E-state index in [2.05, 4.69) is 52.9 Å². The second-order valence-electron chi connectivity index (χ2n) is 15.6. The maximum absolute atomic E-state index is 13.8. The van der Waals surface area contributed by atoms with E-state index in [0.29, 0.717) is 55.2 Å². The van der Waals surface area contributed by atoms with E-state index >= 15 is 0 Å². The van der Waals surface area contributed by atoms with Crippen molar-refractivity contribution in [3.05, 3.63) is 142 Å². The van der Waals surface area contributed by atoms with Gasteiger partial charge in [-0.25, -0.2) is 26.8 Å². The molecule has 5 aromatic carbocycles. The van der Waals surface area contributed by atoms with Gasteiger partial charge in [0.15, 0.2) is 15.7 Å². The summed E-state index contributed by atoms with van der Waals surface area (Å²) in [6, 6.07) is 32.6. The highest BCUT2D eigenvalue weighted by Crippen LogP contribution is 2.33. The number of anilines is 3. The number of nitro groups is 1. The largest absolute Gasteiger partial charge is 0.379 e. The molecule has 6 aromatic rings. The van der Waals surface area contributed by atoms with Crippen LogP contribution >= 0.6 is 11.6 Å². The molecule has 3 heterocycles. The maximum Gasteiger partial charge on any atom is 0.293 e. The Morgan fingerprint density at radius 2 is 1.51 bits per heavy atom. The van der Waals surface area contributed by atoms with Crippen LogP contribution in [0.2, 0.25) is 5.02 Å². The SMILES string of the molecule is O=[N+]([O-])c1cc(S(=O)(=O)Nc2ncnc3cc(N4CCN(Cc5cc(Cl)ccc5-c5ccccc5)CC4)ccc23)ccc1N[C@H](CCN1CCOCC1)CS(=O)(=O)c1ccccc1. The van der Waals surface area contributed by atoms with E-state index in [1.165, 1.54) is 30.6 Å². The van der Waals surface area contributed by atoms with Crippen LogP contribution in [0.15, 0.2) is 131 Å². The normalized spacial score (nSPS) is 15.9. The molecule has 2 N–H and O–H groups in total. The van der Waals surface area contributed by atoms with Gasteiger partial charge >= 0.3 is 0 Å². The van der Waals surface area contributed by atoms with E-state index in [9.17, 15) is 26.9 Å². The molecule has 2 saturated heterocycles. The molecule has 328 valence electrons. The fraction of sp³-hybridized carbons (Fsp3) is 0.289. The van der Waals surface area contributed by atoms with Gasteiger partial charge < -0.3 is 15.0 Å². The number of hydrogen-bond donors (Lipinski definition) is 2. The summed E-state index contributed by atoms with van der Waals surface area (Å²) in [5, 5.41) is 16.7. The van der Waals surface area contributed by atoms with Crippen LogP contribution in [0.5, 0.6) is 0 Å². The molecule has 1 atom stereocenters. The average Bonchev–Trinajstić information content (AvgIpc) is 3.29. The number of rotatable bonds is 16. The van der Waals surface area contributed by atoms with E-state index in [0.717, 1.165) is 61.2 Å². The number of aromatic nitrogens is 2. The first-order chi connectivity index (χ1) is 30.4. The number of morpholine rings is 1. The Morgan fingerprint density at radius 1 is 0.778 bits per heavy atom. The lowest BCUT2D eigenvalue weighted by Gasteiger charge is -2.36. The zero-order valence-corrected chi connectivity index (χ0v) is 36.7. The molecule has 0 radical (unpaired) electrons. The Bertz CT molecular complexity index is 2790. The number of nitrogens with zero attached hydrogens (tertiary/aromatic N) is 6. The van der Waals surface area contributed by atoms with Crippen molar-refractivity contribution in [2.75, 3.05) is 79.7 Å². The van der Waals surface area contributed by atoms with Crippen LogP contribution in [0.25, 0.3) is 22.0 Å². The van der Waals surface area contributed by atoms with Gasteiger partial charge in [-0.2, -0.15) is 0 Å². The number of sulfone groups is 1. The molecule has 18 heteroatoms. The van der Waals surface area contributed by atoms with Crippen LogP contribution in [0.4, 0.5) is 22.9 Å². The fourth-order valence-electron chi connectivity index (χ4n) is 8.03. The highest BCUT2D eigenvalue weighted by Gasteiger charge is 2.28. The number of nitro benzene ring substituents is 1. The predicted octanol–water partition coefficient (Wildman–Crippen LogP) is 6.96. The molecule has 0 aliphatic carbocycles. The van der Waals surface area contributed by atoms with Gasteiger partial charge in [0.1, 0.15) is 12.0 Å². The van der Waals surface area contributed by atoms with E-state index in [-0.39, 0.29) is 27.0 Å². The van der Waals surface area contributed by atoms with Gasteiger partial charge in [0.25, 0.3) is 15.7 Å². The van der Waals surface area contributed by atoms with Crippen molar-refractivity contribution in [3.63, 3.8) is 0 Å². The summed E-state index contributed by atoms with van der Waals surface area (Å²) in [4.78, 5) is 27.0. The second-order valence-corrected chi connectivity index (χ2v) is 19.7. The Kier molecular flexibility index (Phi) is 13.5. The van der Waals surface area contributed by atoms with Crippen LogP contribution in [-0.2, 0) is 31.1 Å². The van der Waals surface area contributed by atoms with Gasteiger partial charge in [-0.15, -0.1) is 0 Å². The monoisotopic (exact) mass is 910 g/mol. The van der Waals surface area contributed by atoms with Crippen molar-refractivity contribution in [2.45, 2.75) is 28.8 Å². The van der Waals surface area contributed by atoms with Gasteiger partial charge in [-0.05, 0) is 77.7 Å². The molecular weight excluding hydrogens is 864 g/mol. The first kappa shape index (κ1) is 43.9. The summed E-state index contributed by atoms with van der Waals surface area (Å²) in [6.45, 7) is 6.92. The first-order valence-corrected chi connectivity index (χ1v) is 24.1. The topological polar surface area (TPSA) is 180 Å². The van der Waals surface area contributed by atoms with Crippen LogP contribution in [0, 0.1) is 10.1 Å². The maximum atomic E-state index is 13.8. The second kappa shape index (κ2) is 19.4. The van der Waals surface area contributed by atoms with Crippen molar-refractivity contribution in [2.24, 2.45) is 0 Å². The summed E-state index contributed by atoms with van der Waals surface area (Å²) in [6.07, 6.45) is 1.62. The highest BCUT2D eigenvalue weighted by molar-refractivity contribution is 7.92. The molecular formula is C45H47ClN8O7S2. The van der Waals surface area contributed by atoms with Gasteiger partial charge in [-0.1, -0.05) is 66.2 Å². The summed E-state index contributed by atoms with van der Waals surface area (Å²) < 4.78 is 62.6. The van der Waals surface area contributed by atoms with E-state index < -0.39 is 36.5 Å². The molecule has 0 bridgehead atoms. The molecule has 0 amide bonds. The standard InChI is InChI=1S/C45H47ClN8O7S2/c46-35-11-14-40(33-7-3-1-4-8-33)34(27-35)30-52-19-21-53(22-20-52)37-12-15-41-43(28-37)47-32-48-45(41)50-63(59,60)39-13-16-42(44(29-39)54(55)56)49-36(17-18-51-23-25-61-26-24-51)31-62(57,58)38-9-5-2-6-10-38/h1-16,27-29,32,36,49H,17-26,30-31H2,(H,47,48,50)/t36-/m1/s1. The third-order valence-corrected chi connectivity index (χ3v) is 14.8. The number of sulfonamides is 1. The molecule has 0 saturated carbocycles. The van der Waals surface area contributed by atoms with Crippen LogP contribution < -0.4 is 14.9 Å². The molecule has 0 spiro atoms. The van der Waals surface area contributed by atoms with Gasteiger partial charge in [0, 0.05) is 80.6 Å². The van der Waals surface area contributed by atoms with E-state index in [1.807, 2.05) is 42.5 Å². The molecule has 8 rings (SSSR count). The number of ether oxygens (including phenoxy) is 1. The Hall–Kier alpha value is -5.69. The molecule has 0 unspecified atom stereocenters. The van der Waals surface area contributed by atoms with E-state index in [4.69, 9.17) is 16.3 Å². The van der Waals surface area contributed by atoms with Crippen LogP contribution in [0.3, 0.4) is 0 Å². The van der Waals surface area contributed by atoms with Gasteiger partial charge in [0.2, 0.25) is 0 Å². The lowest BCUT2D eigenvalue weighted by Crippen LogP contribution is -2.46. The number of halogens is 1. The molecule has 1 aromatic heterocycles. The summed E-state index contributed by atoms with van der Waals surface area (Å²) >= 11 is 6.43. The Morgan fingerprint density at radius 3 is 2.24 bits per heavy atom. The van der Waals surface area contributed by atoms with Crippen molar-refractivity contribution < 1.29 is 26.5 Å². The zero-order valence-electron chi connectivity index (χ0n) is 34.3. The number of piperazine rings is 1. The van der Waals surface area contributed by atoms with Crippen LogP contribution in [0.1, 0.15) is 12.0 Å². The lowest BCUT2D eigenvalue weighted by molar-refractivity contribution is -0.384. The van der Waals surface area contributed by atoms with Crippen molar-refractivity contribution in [1.82, 2.24) is 19.8 Å². The number of fused-ring (bicyclic) bond motifs is 1. The van der Waals surface area contributed by atoms with Crippen molar-refractivity contribution in [1.29, 1.82) is 0 Å². The Balaban J connectivity index is 0.958. The highest BCUT2D eigenvalue weighted by atomic mass is 35.5. The molecule has 63 heavy (non-hydrogen) atoms. The summed E-state index contributed by atoms with van der Waals surface area (Å²) in [5.74, 6) is -0.315. The average molecular weight is 912 g/mol. The molecule has 15 nitrogen and oxygen atoms in total. The number of benzene rings is 5. The summed E-state index contributed by atoms with van der Waals surface area (Å²) in [7, 11) is -8.18. The van der Waals surface area contributed by atoms with Gasteiger partial charge in [0.05, 0.1) is 39.2 Å². The van der Waals surface area contributed by atoms with Gasteiger partial charge in [-0.3, -0.25) is 24.6 Å². The third kappa shape index (κ3) is 10.7. The quantitative estimate of drug-likeness (QED) is 0.0753. The molecule has 2 aliphatic heterocycles. The number of nitrogens with one attached hydrogen (secondary N) is 2. The predicted molar refractivity (Wildman–Crippen MR) is 246 cm³/mol. The molecule has 2 fully saturated rings. The van der Waals surface area contributed by atoms with Crippen molar-refractivity contribution in [3.8, 4) is 11.1 Å². The zero-order chi connectivity index (χ0) is 44.0. The first-order valence-electron chi connectivity index (χ1n) is 20.6. The number of hydrogen-bond acceptors (Lipinski definition) is 13. The van der Waals surface area contributed by atoms with E-state index in [1.54, 1.807) is 24.3 Å². The minimum absolute atomic E-state index is 0.00330. The third-order valence-electron chi connectivity index (χ3n) is 11.4. The van der Waals surface area contributed by atoms with Crippen LogP contribution in [-0.4, -0.2) is 112 Å². The smallest absolute Gasteiger partial charge is 0.293 e. The fourth-order valence-corrected chi connectivity index (χ4v) is 10.8. The minimum Gasteiger partial charge on any atom is -0.379 e. The molecule has 2 aliphatic rings. The summed E-state index contributed by atoms with van der Waals surface area (Å²) in [5.41, 5.74) is 4.39. The minimum atomic E-state index is -4.39. The van der Waals surface area contributed by atoms with Crippen molar-refractivity contribution >= 4 is 65.2 Å². The Labute approximate surface area is 371 Å².